The molecule has 1 aromatic carbocycles. The van der Waals surface area contributed by atoms with Gasteiger partial charge in [0.25, 0.3) is 0 Å². The molecular weight excluding hydrogens is 242 g/mol. The molecule has 0 aromatic heterocycles. The van der Waals surface area contributed by atoms with Gasteiger partial charge >= 0.3 is 5.97 Å². The van der Waals surface area contributed by atoms with Gasteiger partial charge in [0.15, 0.2) is 0 Å². The third-order valence-corrected chi connectivity index (χ3v) is 3.82. The van der Waals surface area contributed by atoms with Crippen molar-refractivity contribution in [2.75, 3.05) is 7.11 Å². The maximum Gasteiger partial charge on any atom is 0.325 e. The molecule has 0 aliphatic carbocycles. The van der Waals surface area contributed by atoms with Crippen LogP contribution in [0, 0.1) is 5.92 Å². The predicted octanol–water partition coefficient (Wildman–Crippen LogP) is 1.86. The number of ketones is 1. The average Bonchev–Trinajstić information content (AvgIpc) is 2.78. The van der Waals surface area contributed by atoms with Crippen LogP contribution in [0.1, 0.15) is 31.9 Å². The molecule has 3 atom stereocenters. The van der Waals surface area contributed by atoms with Gasteiger partial charge in [-0.2, -0.15) is 0 Å². The Morgan fingerprint density at radius 2 is 1.95 bits per heavy atom. The second-order valence-electron chi connectivity index (χ2n) is 5.28. The molecule has 4 heteroatoms. The van der Waals surface area contributed by atoms with Crippen LogP contribution >= 0.6 is 0 Å². The molecule has 1 aliphatic rings. The molecule has 1 saturated heterocycles. The first-order chi connectivity index (χ1) is 8.98. The third kappa shape index (κ3) is 2.54. The molecule has 0 spiro atoms. The Morgan fingerprint density at radius 3 is 2.47 bits per heavy atom. The summed E-state index contributed by atoms with van der Waals surface area (Å²) in [6, 6.07) is 9.60. The van der Waals surface area contributed by atoms with E-state index in [1.807, 2.05) is 30.3 Å². The number of hydrogen-bond donors (Lipinski definition) is 1. The summed E-state index contributed by atoms with van der Waals surface area (Å²) in [6.07, 6.45) is 0.467. The minimum atomic E-state index is -0.800. The first kappa shape index (κ1) is 13.7. The van der Waals surface area contributed by atoms with Crippen LogP contribution in [0.3, 0.4) is 0 Å². The fourth-order valence-electron chi connectivity index (χ4n) is 2.78. The first-order valence-corrected chi connectivity index (χ1v) is 6.39. The molecule has 1 fully saturated rings. The van der Waals surface area contributed by atoms with E-state index in [-0.39, 0.29) is 23.7 Å². The van der Waals surface area contributed by atoms with Crippen LogP contribution in [0.5, 0.6) is 0 Å². The summed E-state index contributed by atoms with van der Waals surface area (Å²) in [6.45, 7) is 3.36. The molecule has 0 bridgehead atoms. The Hall–Kier alpha value is -1.68. The molecule has 1 aliphatic heterocycles. The first-order valence-electron chi connectivity index (χ1n) is 6.39. The Morgan fingerprint density at radius 1 is 1.32 bits per heavy atom. The SMILES string of the molecule is COC(=O)[C@@]1(C)C[C@@H](C(C)=O)[C@H](c2ccccc2)N1. The van der Waals surface area contributed by atoms with E-state index >= 15 is 0 Å². The summed E-state index contributed by atoms with van der Waals surface area (Å²) >= 11 is 0. The minimum absolute atomic E-state index is 0.0916. The fourth-order valence-corrected chi connectivity index (χ4v) is 2.78. The topological polar surface area (TPSA) is 55.4 Å². The van der Waals surface area contributed by atoms with Crippen molar-refractivity contribution in [3.63, 3.8) is 0 Å². The summed E-state index contributed by atoms with van der Waals surface area (Å²) < 4.78 is 4.84. The van der Waals surface area contributed by atoms with E-state index in [1.54, 1.807) is 13.8 Å². The lowest BCUT2D eigenvalue weighted by Gasteiger charge is -2.22. The molecule has 4 nitrogen and oxygen atoms in total. The number of benzene rings is 1. The van der Waals surface area contributed by atoms with Gasteiger partial charge in [0, 0.05) is 12.0 Å². The van der Waals surface area contributed by atoms with Crippen molar-refractivity contribution in [1.29, 1.82) is 0 Å². The van der Waals surface area contributed by atoms with Gasteiger partial charge in [0.05, 0.1) is 7.11 Å². The van der Waals surface area contributed by atoms with Gasteiger partial charge < -0.3 is 4.74 Å². The van der Waals surface area contributed by atoms with E-state index in [0.29, 0.717) is 6.42 Å². The zero-order valence-electron chi connectivity index (χ0n) is 11.5. The molecule has 2 rings (SSSR count). The number of carbonyl (C=O) groups excluding carboxylic acids is 2. The Bertz CT molecular complexity index is 485. The van der Waals surface area contributed by atoms with Gasteiger partial charge in [0.1, 0.15) is 11.3 Å². The Labute approximate surface area is 113 Å². The number of carbonyl (C=O) groups is 2. The summed E-state index contributed by atoms with van der Waals surface area (Å²) in [7, 11) is 1.37. The van der Waals surface area contributed by atoms with Crippen molar-refractivity contribution >= 4 is 11.8 Å². The molecule has 0 saturated carbocycles. The van der Waals surface area contributed by atoms with Crippen LogP contribution in [-0.2, 0) is 14.3 Å². The van der Waals surface area contributed by atoms with Crippen LogP contribution in [0.4, 0.5) is 0 Å². The highest BCUT2D eigenvalue weighted by atomic mass is 16.5. The molecule has 0 amide bonds. The van der Waals surface area contributed by atoms with Crippen molar-refractivity contribution in [3.05, 3.63) is 35.9 Å². The predicted molar refractivity (Wildman–Crippen MR) is 71.5 cm³/mol. The van der Waals surface area contributed by atoms with Gasteiger partial charge in [-0.1, -0.05) is 30.3 Å². The standard InChI is InChI=1S/C15H19NO3/c1-10(17)12-9-15(2,14(18)19-3)16-13(12)11-7-5-4-6-8-11/h4-8,12-13,16H,9H2,1-3H3/t12-,13-,15+/m0/s1. The number of ether oxygens (including phenoxy) is 1. The lowest BCUT2D eigenvalue weighted by molar-refractivity contribution is -0.147. The van der Waals surface area contributed by atoms with Gasteiger partial charge in [-0.3, -0.25) is 14.9 Å². The van der Waals surface area contributed by atoms with Crippen LogP contribution in [0.2, 0.25) is 0 Å². The van der Waals surface area contributed by atoms with Crippen molar-refractivity contribution in [1.82, 2.24) is 5.32 Å². The zero-order chi connectivity index (χ0) is 14.0. The van der Waals surface area contributed by atoms with Crippen LogP contribution in [0.15, 0.2) is 30.3 Å². The van der Waals surface area contributed by atoms with E-state index in [2.05, 4.69) is 5.32 Å². The molecule has 1 heterocycles. The Kier molecular flexibility index (Phi) is 3.71. The van der Waals surface area contributed by atoms with Crippen LogP contribution < -0.4 is 5.32 Å². The number of nitrogens with one attached hydrogen (secondary N) is 1. The molecule has 1 aromatic rings. The van der Waals surface area contributed by atoms with Crippen molar-refractivity contribution in [2.45, 2.75) is 31.8 Å². The van der Waals surface area contributed by atoms with E-state index in [1.165, 1.54) is 7.11 Å². The molecule has 1 N–H and O–H groups in total. The lowest BCUT2D eigenvalue weighted by Crippen LogP contribution is -2.45. The van der Waals surface area contributed by atoms with Crippen LogP contribution in [0.25, 0.3) is 0 Å². The van der Waals surface area contributed by atoms with Gasteiger partial charge in [0.2, 0.25) is 0 Å². The van der Waals surface area contributed by atoms with Crippen molar-refractivity contribution in [3.8, 4) is 0 Å². The molecule has 19 heavy (non-hydrogen) atoms. The smallest absolute Gasteiger partial charge is 0.325 e. The van der Waals surface area contributed by atoms with Crippen LogP contribution in [-0.4, -0.2) is 24.4 Å². The number of methoxy groups -OCH3 is 1. The summed E-state index contributed by atoms with van der Waals surface area (Å²) in [4.78, 5) is 23.7. The maximum atomic E-state index is 11.9. The zero-order valence-corrected chi connectivity index (χ0v) is 11.5. The summed E-state index contributed by atoms with van der Waals surface area (Å²) in [5.74, 6) is -0.433. The van der Waals surface area contributed by atoms with Gasteiger partial charge in [-0.05, 0) is 25.8 Å². The van der Waals surface area contributed by atoms with Crippen molar-refractivity contribution in [2.24, 2.45) is 5.92 Å². The molecule has 102 valence electrons. The van der Waals surface area contributed by atoms with Gasteiger partial charge in [-0.25, -0.2) is 0 Å². The molecular formula is C15H19NO3. The third-order valence-electron chi connectivity index (χ3n) is 3.82. The minimum Gasteiger partial charge on any atom is -0.468 e. The second-order valence-corrected chi connectivity index (χ2v) is 5.28. The van der Waals surface area contributed by atoms with E-state index in [9.17, 15) is 9.59 Å². The largest absolute Gasteiger partial charge is 0.468 e. The Balaban J connectivity index is 2.33. The van der Waals surface area contributed by atoms with E-state index < -0.39 is 5.54 Å². The molecule has 0 unspecified atom stereocenters. The van der Waals surface area contributed by atoms with Gasteiger partial charge in [-0.15, -0.1) is 0 Å². The normalized spacial score (nSPS) is 30.1. The monoisotopic (exact) mass is 261 g/mol. The van der Waals surface area contributed by atoms with E-state index in [0.717, 1.165) is 5.56 Å². The maximum absolute atomic E-state index is 11.9. The summed E-state index contributed by atoms with van der Waals surface area (Å²) in [5.41, 5.74) is 0.223. The highest BCUT2D eigenvalue weighted by molar-refractivity contribution is 5.85. The number of rotatable bonds is 3. The second kappa shape index (κ2) is 5.13. The van der Waals surface area contributed by atoms with E-state index in [4.69, 9.17) is 4.74 Å². The number of esters is 1. The summed E-state index contributed by atoms with van der Waals surface area (Å²) in [5, 5.41) is 3.27. The average molecular weight is 261 g/mol. The number of hydrogen-bond acceptors (Lipinski definition) is 4. The molecule has 0 radical (unpaired) electrons. The quantitative estimate of drug-likeness (QED) is 0.844. The highest BCUT2D eigenvalue weighted by Gasteiger charge is 2.49. The fraction of sp³-hybridized carbons (Fsp3) is 0.467. The number of Topliss-reactive ketones (excluding diaryl/α,β-unsaturated/α-hetero) is 1. The lowest BCUT2D eigenvalue weighted by atomic mass is 9.87. The highest BCUT2D eigenvalue weighted by Crippen LogP contribution is 2.39. The van der Waals surface area contributed by atoms with Crippen molar-refractivity contribution < 1.29 is 14.3 Å².